The van der Waals surface area contributed by atoms with Crippen LogP contribution in [0.1, 0.15) is 23.2 Å². The molecule has 1 heterocycles. The highest BCUT2D eigenvalue weighted by atomic mass is 35.5. The Kier molecular flexibility index (Phi) is 6.36. The van der Waals surface area contributed by atoms with Crippen molar-refractivity contribution in [1.29, 1.82) is 0 Å². The van der Waals surface area contributed by atoms with Gasteiger partial charge >= 0.3 is 0 Å². The van der Waals surface area contributed by atoms with Crippen LogP contribution in [0, 0.1) is 0 Å². The van der Waals surface area contributed by atoms with E-state index in [1.54, 1.807) is 24.3 Å². The highest BCUT2D eigenvalue weighted by molar-refractivity contribution is 7.92. The Morgan fingerprint density at radius 3 is 2.26 bits per heavy atom. The molecule has 2 aromatic rings. The van der Waals surface area contributed by atoms with E-state index >= 15 is 0 Å². The van der Waals surface area contributed by atoms with Crippen LogP contribution in [0.4, 0.5) is 5.69 Å². The molecule has 0 atom stereocenters. The molecule has 8 heteroatoms. The molecule has 1 aliphatic heterocycles. The predicted molar refractivity (Wildman–Crippen MR) is 106 cm³/mol. The van der Waals surface area contributed by atoms with E-state index in [9.17, 15) is 13.2 Å². The van der Waals surface area contributed by atoms with Crippen molar-refractivity contribution in [2.24, 2.45) is 0 Å². The molecule has 27 heavy (non-hydrogen) atoms. The summed E-state index contributed by atoms with van der Waals surface area (Å²) in [4.78, 5) is 13.8. The zero-order valence-corrected chi connectivity index (χ0v) is 16.4. The number of sulfonamides is 1. The highest BCUT2D eigenvalue weighted by Crippen LogP contribution is 2.18. The standard InChI is InChI=1S/C19H22ClN3O3S/c20-16-5-7-17(8-6-16)22-27(25,26)18-9-3-15(4-10-18)19(24)21-11-14-23-12-1-2-13-23/h3-10,22H,1-2,11-14H2,(H,21,24)/p+1. The fraction of sp³-hybridized carbons (Fsp3) is 0.316. The van der Waals surface area contributed by atoms with Gasteiger partial charge in [0.25, 0.3) is 15.9 Å². The number of carbonyl (C=O) groups is 1. The smallest absolute Gasteiger partial charge is 0.261 e. The first-order valence-corrected chi connectivity index (χ1v) is 10.8. The molecular weight excluding hydrogens is 386 g/mol. The van der Waals surface area contributed by atoms with Gasteiger partial charge in [-0.15, -0.1) is 0 Å². The third-order valence-electron chi connectivity index (χ3n) is 4.60. The number of hydrogen-bond donors (Lipinski definition) is 3. The van der Waals surface area contributed by atoms with Gasteiger partial charge in [0.05, 0.1) is 31.1 Å². The first-order chi connectivity index (χ1) is 12.9. The van der Waals surface area contributed by atoms with Crippen molar-refractivity contribution in [1.82, 2.24) is 5.32 Å². The molecule has 1 amide bonds. The maximum atomic E-state index is 12.4. The molecule has 0 saturated carbocycles. The second-order valence-corrected chi connectivity index (χ2v) is 8.72. The van der Waals surface area contributed by atoms with Crippen LogP contribution in [0.3, 0.4) is 0 Å². The lowest BCUT2D eigenvalue weighted by molar-refractivity contribution is -0.886. The van der Waals surface area contributed by atoms with Crippen molar-refractivity contribution in [3.63, 3.8) is 0 Å². The van der Waals surface area contributed by atoms with Gasteiger partial charge in [-0.05, 0) is 48.5 Å². The molecule has 1 fully saturated rings. The molecule has 0 bridgehead atoms. The molecule has 0 unspecified atom stereocenters. The minimum Gasteiger partial charge on any atom is -0.346 e. The number of anilines is 1. The monoisotopic (exact) mass is 408 g/mol. The molecule has 144 valence electrons. The van der Waals surface area contributed by atoms with Crippen molar-refractivity contribution < 1.29 is 18.1 Å². The first-order valence-electron chi connectivity index (χ1n) is 8.94. The van der Waals surface area contributed by atoms with Gasteiger partial charge in [-0.1, -0.05) is 11.6 Å². The van der Waals surface area contributed by atoms with Crippen molar-refractivity contribution in [3.8, 4) is 0 Å². The largest absolute Gasteiger partial charge is 0.346 e. The minimum absolute atomic E-state index is 0.0931. The Labute approximate surface area is 164 Å². The lowest BCUT2D eigenvalue weighted by Gasteiger charge is -2.12. The number of halogens is 1. The predicted octanol–water partition coefficient (Wildman–Crippen LogP) is 1.55. The lowest BCUT2D eigenvalue weighted by atomic mass is 10.2. The zero-order valence-electron chi connectivity index (χ0n) is 14.9. The van der Waals surface area contributed by atoms with E-state index in [2.05, 4.69) is 10.0 Å². The van der Waals surface area contributed by atoms with Gasteiger partial charge in [0, 0.05) is 29.1 Å². The Balaban J connectivity index is 1.58. The fourth-order valence-electron chi connectivity index (χ4n) is 3.10. The number of likely N-dealkylation sites (tertiary alicyclic amines) is 1. The maximum Gasteiger partial charge on any atom is 0.261 e. The van der Waals surface area contributed by atoms with Crippen LogP contribution >= 0.6 is 11.6 Å². The van der Waals surface area contributed by atoms with Crippen molar-refractivity contribution >= 4 is 33.2 Å². The Bertz CT molecular complexity index is 877. The summed E-state index contributed by atoms with van der Waals surface area (Å²) in [6.45, 7) is 3.88. The average molecular weight is 409 g/mol. The van der Waals surface area contributed by atoms with E-state index in [-0.39, 0.29) is 10.8 Å². The van der Waals surface area contributed by atoms with Crippen LogP contribution in [0.25, 0.3) is 0 Å². The first kappa shape index (κ1) is 19.7. The zero-order chi connectivity index (χ0) is 19.3. The lowest BCUT2D eigenvalue weighted by Crippen LogP contribution is -3.10. The van der Waals surface area contributed by atoms with E-state index in [0.717, 1.165) is 6.54 Å². The molecular formula is C19H23ClN3O3S+. The van der Waals surface area contributed by atoms with Crippen LogP contribution in [0.2, 0.25) is 5.02 Å². The SMILES string of the molecule is O=C(NCC[NH+]1CCCC1)c1ccc(S(=O)(=O)Nc2ccc(Cl)cc2)cc1. The summed E-state index contributed by atoms with van der Waals surface area (Å²) in [5.74, 6) is -0.191. The summed E-state index contributed by atoms with van der Waals surface area (Å²) in [5, 5.41) is 3.42. The third-order valence-corrected chi connectivity index (χ3v) is 6.25. The van der Waals surface area contributed by atoms with Gasteiger partial charge in [-0.25, -0.2) is 8.42 Å². The third kappa shape index (κ3) is 5.45. The van der Waals surface area contributed by atoms with E-state index in [0.29, 0.717) is 22.8 Å². The topological polar surface area (TPSA) is 79.7 Å². The van der Waals surface area contributed by atoms with Gasteiger partial charge in [0.2, 0.25) is 0 Å². The molecule has 2 aromatic carbocycles. The Morgan fingerprint density at radius 1 is 1.00 bits per heavy atom. The van der Waals surface area contributed by atoms with Crippen molar-refractivity contribution in [2.75, 3.05) is 30.9 Å². The van der Waals surface area contributed by atoms with Gasteiger partial charge in [-0.2, -0.15) is 0 Å². The molecule has 6 nitrogen and oxygen atoms in total. The minimum atomic E-state index is -3.72. The summed E-state index contributed by atoms with van der Waals surface area (Å²) >= 11 is 5.80. The van der Waals surface area contributed by atoms with Crippen LogP contribution in [-0.2, 0) is 10.0 Å². The molecule has 3 N–H and O–H groups in total. The average Bonchev–Trinajstić information content (AvgIpc) is 3.17. The summed E-state index contributed by atoms with van der Waals surface area (Å²) in [5.41, 5.74) is 0.863. The number of rotatable bonds is 7. The second kappa shape index (κ2) is 8.73. The van der Waals surface area contributed by atoms with Gasteiger partial charge < -0.3 is 10.2 Å². The van der Waals surface area contributed by atoms with E-state index < -0.39 is 10.0 Å². The van der Waals surface area contributed by atoms with Crippen LogP contribution in [0.5, 0.6) is 0 Å². The van der Waals surface area contributed by atoms with Crippen molar-refractivity contribution in [2.45, 2.75) is 17.7 Å². The Hall–Kier alpha value is -2.09. The summed E-state index contributed by atoms with van der Waals surface area (Å²) in [6, 6.07) is 12.3. The van der Waals surface area contributed by atoms with Crippen molar-refractivity contribution in [3.05, 3.63) is 59.1 Å². The highest BCUT2D eigenvalue weighted by Gasteiger charge is 2.17. The van der Waals surface area contributed by atoms with Crippen LogP contribution in [0.15, 0.2) is 53.4 Å². The second-order valence-electron chi connectivity index (χ2n) is 6.60. The number of benzene rings is 2. The Morgan fingerprint density at radius 2 is 1.63 bits per heavy atom. The fourth-order valence-corrected chi connectivity index (χ4v) is 4.28. The molecule has 1 saturated heterocycles. The van der Waals surface area contributed by atoms with E-state index in [4.69, 9.17) is 11.6 Å². The van der Waals surface area contributed by atoms with Gasteiger partial charge in [0.15, 0.2) is 0 Å². The van der Waals surface area contributed by atoms with Gasteiger partial charge in [0.1, 0.15) is 0 Å². The number of quaternary nitrogens is 1. The van der Waals surface area contributed by atoms with Crippen LogP contribution < -0.4 is 14.9 Å². The molecule has 1 aliphatic rings. The number of amides is 1. The molecule has 3 rings (SSSR count). The van der Waals surface area contributed by atoms with E-state index in [1.165, 1.54) is 55.1 Å². The molecule has 0 aliphatic carbocycles. The number of hydrogen-bond acceptors (Lipinski definition) is 3. The van der Waals surface area contributed by atoms with Gasteiger partial charge in [-0.3, -0.25) is 9.52 Å². The summed E-state index contributed by atoms with van der Waals surface area (Å²) < 4.78 is 27.4. The van der Waals surface area contributed by atoms with E-state index in [1.807, 2.05) is 0 Å². The van der Waals surface area contributed by atoms with Crippen LogP contribution in [-0.4, -0.2) is 40.5 Å². The summed E-state index contributed by atoms with van der Waals surface area (Å²) in [7, 11) is -3.72. The molecule has 0 radical (unpaired) electrons. The summed E-state index contributed by atoms with van der Waals surface area (Å²) in [6.07, 6.45) is 2.51. The molecule has 0 spiro atoms. The maximum absolute atomic E-state index is 12.4. The quantitative estimate of drug-likeness (QED) is 0.650. The number of nitrogens with one attached hydrogen (secondary N) is 3. The molecule has 0 aromatic heterocycles. The normalized spacial score (nSPS) is 14.9. The number of carbonyl (C=O) groups excluding carboxylic acids is 1.